The first kappa shape index (κ1) is 26.7. The van der Waals surface area contributed by atoms with Crippen LogP contribution in [0.25, 0.3) is 33.2 Å². The van der Waals surface area contributed by atoms with Crippen LogP contribution in [0.15, 0.2) is 164 Å². The van der Waals surface area contributed by atoms with E-state index >= 15 is 0 Å². The number of fused-ring (bicyclic) bond motifs is 4. The molecule has 0 saturated heterocycles. The van der Waals surface area contributed by atoms with Crippen LogP contribution in [0.2, 0.25) is 0 Å². The van der Waals surface area contributed by atoms with Crippen LogP contribution in [-0.2, 0) is 0 Å². The zero-order valence-corrected chi connectivity index (χ0v) is 25.1. The number of hydrogen-bond donors (Lipinski definition) is 1. The molecule has 0 amide bonds. The zero-order chi connectivity index (χ0) is 30.2. The van der Waals surface area contributed by atoms with E-state index in [-0.39, 0.29) is 0 Å². The highest BCUT2D eigenvalue weighted by Crippen LogP contribution is 2.43. The van der Waals surface area contributed by atoms with E-state index in [0.717, 1.165) is 17.1 Å². The maximum Gasteiger partial charge on any atom is 0.0540 e. The molecule has 0 aromatic heterocycles. The first-order valence-corrected chi connectivity index (χ1v) is 15.5. The summed E-state index contributed by atoms with van der Waals surface area (Å²) in [6.07, 6.45) is 6.65. The minimum atomic E-state index is 1.14. The summed E-state index contributed by atoms with van der Waals surface area (Å²) in [5.74, 6) is 0. The van der Waals surface area contributed by atoms with Gasteiger partial charge in [0, 0.05) is 39.0 Å². The predicted molar refractivity (Wildman–Crippen MR) is 193 cm³/mol. The second-order valence-corrected chi connectivity index (χ2v) is 11.5. The number of nitrogens with zero attached hydrogens (tertiary/aromatic N) is 1. The molecule has 1 aliphatic heterocycles. The van der Waals surface area contributed by atoms with Crippen LogP contribution in [-0.4, -0.2) is 0 Å². The highest BCUT2D eigenvalue weighted by Gasteiger charge is 2.19. The minimum Gasteiger partial charge on any atom is -0.355 e. The van der Waals surface area contributed by atoms with Gasteiger partial charge in [-0.2, -0.15) is 0 Å². The summed E-state index contributed by atoms with van der Waals surface area (Å²) in [7, 11) is 0. The second kappa shape index (κ2) is 11.3. The number of aryl methyl sites for hydroxylation is 1. The molecule has 1 N–H and O–H groups in total. The Morgan fingerprint density at radius 3 is 1.67 bits per heavy atom. The third kappa shape index (κ3) is 4.87. The second-order valence-electron chi connectivity index (χ2n) is 11.5. The molecule has 0 saturated carbocycles. The molecule has 0 aliphatic carbocycles. The lowest BCUT2D eigenvalue weighted by molar-refractivity contribution is 1.29. The lowest BCUT2D eigenvalue weighted by Gasteiger charge is -2.28. The summed E-state index contributed by atoms with van der Waals surface area (Å²) in [5, 5.41) is 8.49. The lowest BCUT2D eigenvalue weighted by atomic mass is 9.91. The third-order valence-electron chi connectivity index (χ3n) is 8.77. The summed E-state index contributed by atoms with van der Waals surface area (Å²) in [5.41, 5.74) is 11.8. The van der Waals surface area contributed by atoms with Gasteiger partial charge in [-0.25, -0.2) is 0 Å². The first-order valence-electron chi connectivity index (χ1n) is 15.5. The Morgan fingerprint density at radius 2 is 1.07 bits per heavy atom. The fraction of sp³-hybridized carbons (Fsp3) is 0.0233. The van der Waals surface area contributed by atoms with Gasteiger partial charge < -0.3 is 10.2 Å². The zero-order valence-electron chi connectivity index (χ0n) is 25.1. The predicted octanol–water partition coefficient (Wildman–Crippen LogP) is 12.0. The van der Waals surface area contributed by atoms with E-state index in [4.69, 9.17) is 0 Å². The van der Waals surface area contributed by atoms with Crippen molar-refractivity contribution in [1.29, 1.82) is 0 Å². The molecule has 0 fully saturated rings. The summed E-state index contributed by atoms with van der Waals surface area (Å²) < 4.78 is 0. The smallest absolute Gasteiger partial charge is 0.0540 e. The summed E-state index contributed by atoms with van der Waals surface area (Å²) >= 11 is 0. The molecule has 0 unspecified atom stereocenters. The van der Waals surface area contributed by atoms with Gasteiger partial charge in [0.05, 0.1) is 11.4 Å². The fourth-order valence-corrected chi connectivity index (χ4v) is 6.57. The molecular formula is C43H32N2. The Hall–Kier alpha value is -5.86. The number of nitrogens with one attached hydrogen (secondary N) is 1. The third-order valence-corrected chi connectivity index (χ3v) is 8.77. The molecule has 1 aliphatic rings. The average Bonchev–Trinajstić information content (AvgIpc) is 3.09. The molecule has 7 aromatic carbocycles. The van der Waals surface area contributed by atoms with Crippen LogP contribution in [0.3, 0.4) is 0 Å². The molecule has 0 spiro atoms. The van der Waals surface area contributed by atoms with Gasteiger partial charge in [-0.3, -0.25) is 0 Å². The molecule has 8 rings (SSSR count). The van der Waals surface area contributed by atoms with Crippen molar-refractivity contribution in [1.82, 2.24) is 0 Å². The SMILES string of the molecule is Cc1cc(N(c2cccc3ccccc23)c2cccc3ccccc23)ccc1/C=C/C=C1c2ccccc2Nc2ccccc21. The van der Waals surface area contributed by atoms with Crippen LogP contribution in [0.5, 0.6) is 0 Å². The number of anilines is 5. The fourth-order valence-electron chi connectivity index (χ4n) is 6.57. The van der Waals surface area contributed by atoms with Crippen molar-refractivity contribution >= 4 is 61.6 Å². The molecule has 2 nitrogen and oxygen atoms in total. The number of hydrogen-bond acceptors (Lipinski definition) is 2. The van der Waals surface area contributed by atoms with Crippen molar-refractivity contribution in [2.24, 2.45) is 0 Å². The summed E-state index contributed by atoms with van der Waals surface area (Å²) in [6.45, 7) is 2.20. The Morgan fingerprint density at radius 1 is 0.533 bits per heavy atom. The molecule has 2 heteroatoms. The molecular weight excluding hydrogens is 544 g/mol. The number of allylic oxidation sites excluding steroid dienone is 2. The van der Waals surface area contributed by atoms with E-state index in [2.05, 4.69) is 187 Å². The van der Waals surface area contributed by atoms with Gasteiger partial charge >= 0.3 is 0 Å². The van der Waals surface area contributed by atoms with E-state index in [1.165, 1.54) is 60.7 Å². The molecule has 0 atom stereocenters. The van der Waals surface area contributed by atoms with E-state index in [9.17, 15) is 0 Å². The van der Waals surface area contributed by atoms with Gasteiger partial charge in [-0.1, -0.05) is 133 Å². The van der Waals surface area contributed by atoms with Gasteiger partial charge in [0.15, 0.2) is 0 Å². The maximum absolute atomic E-state index is 3.58. The van der Waals surface area contributed by atoms with Crippen molar-refractivity contribution in [3.8, 4) is 0 Å². The van der Waals surface area contributed by atoms with Crippen LogP contribution >= 0.6 is 0 Å². The number of para-hydroxylation sites is 2. The standard InChI is InChI=1S/C43H32N2/c1-30-29-34(28-27-31(30)15-10-22-37-38-20-6-8-23-40(38)44-41-24-9-7-21-39(37)41)45(42-25-11-16-32-13-2-4-18-35(32)42)43-26-12-17-33-14-3-5-19-36(33)43/h2-29,44H,1H3/b15-10+. The van der Waals surface area contributed by atoms with E-state index in [0.29, 0.717) is 0 Å². The lowest BCUT2D eigenvalue weighted by Crippen LogP contribution is -2.11. The number of rotatable bonds is 5. The van der Waals surface area contributed by atoms with E-state index in [1.54, 1.807) is 0 Å². The van der Waals surface area contributed by atoms with Gasteiger partial charge in [-0.05, 0) is 70.8 Å². The molecule has 0 bridgehead atoms. The Bertz CT molecular complexity index is 2140. The van der Waals surface area contributed by atoms with Crippen molar-refractivity contribution < 1.29 is 0 Å². The Labute approximate surface area is 264 Å². The monoisotopic (exact) mass is 576 g/mol. The Kier molecular flexibility index (Phi) is 6.73. The topological polar surface area (TPSA) is 15.3 Å². The molecule has 1 heterocycles. The van der Waals surface area contributed by atoms with Gasteiger partial charge in [0.2, 0.25) is 0 Å². The maximum atomic E-state index is 3.58. The molecule has 0 radical (unpaired) electrons. The summed E-state index contributed by atoms with van der Waals surface area (Å²) in [6, 6.07) is 54.3. The average molecular weight is 577 g/mol. The summed E-state index contributed by atoms with van der Waals surface area (Å²) in [4.78, 5) is 2.41. The van der Waals surface area contributed by atoms with Gasteiger partial charge in [0.25, 0.3) is 0 Å². The van der Waals surface area contributed by atoms with Crippen molar-refractivity contribution in [2.75, 3.05) is 10.2 Å². The molecule has 45 heavy (non-hydrogen) atoms. The van der Waals surface area contributed by atoms with Gasteiger partial charge in [-0.15, -0.1) is 0 Å². The largest absolute Gasteiger partial charge is 0.355 e. The highest BCUT2D eigenvalue weighted by atomic mass is 15.1. The van der Waals surface area contributed by atoms with Crippen LogP contribution in [0, 0.1) is 6.92 Å². The minimum absolute atomic E-state index is 1.14. The van der Waals surface area contributed by atoms with Crippen LogP contribution in [0.1, 0.15) is 22.3 Å². The van der Waals surface area contributed by atoms with Crippen molar-refractivity contribution in [3.05, 3.63) is 186 Å². The highest BCUT2D eigenvalue weighted by molar-refractivity contribution is 6.05. The van der Waals surface area contributed by atoms with Crippen LogP contribution < -0.4 is 10.2 Å². The van der Waals surface area contributed by atoms with Gasteiger partial charge in [0.1, 0.15) is 0 Å². The van der Waals surface area contributed by atoms with Crippen LogP contribution in [0.4, 0.5) is 28.4 Å². The molecule has 214 valence electrons. The van der Waals surface area contributed by atoms with Crippen molar-refractivity contribution in [2.45, 2.75) is 6.92 Å². The quantitative estimate of drug-likeness (QED) is 0.219. The molecule has 7 aromatic rings. The Balaban J connectivity index is 1.22. The normalized spacial score (nSPS) is 12.2. The first-order chi connectivity index (χ1) is 22.2. The van der Waals surface area contributed by atoms with E-state index in [1.807, 2.05) is 0 Å². The van der Waals surface area contributed by atoms with E-state index < -0.39 is 0 Å². The number of benzene rings is 7. The van der Waals surface area contributed by atoms with Crippen molar-refractivity contribution in [3.63, 3.8) is 0 Å².